The molecule has 1 aromatic heterocycles. The summed E-state index contributed by atoms with van der Waals surface area (Å²) in [6, 6.07) is 0. The van der Waals surface area contributed by atoms with Gasteiger partial charge in [-0.1, -0.05) is 31.8 Å². The molecule has 7 nitrogen and oxygen atoms in total. The molecule has 2 N–H and O–H groups in total. The molecule has 8 heteroatoms. The van der Waals surface area contributed by atoms with Gasteiger partial charge in [0.2, 0.25) is 5.89 Å². The van der Waals surface area contributed by atoms with E-state index in [4.69, 9.17) is 9.26 Å². The van der Waals surface area contributed by atoms with Gasteiger partial charge in [0.25, 0.3) is 0 Å². The first-order valence-corrected chi connectivity index (χ1v) is 9.93. The van der Waals surface area contributed by atoms with E-state index in [0.717, 1.165) is 38.0 Å². The zero-order chi connectivity index (χ0) is 18.8. The minimum Gasteiger partial charge on any atom is -0.382 e. The lowest BCUT2D eigenvalue weighted by Crippen LogP contribution is -2.44. The first kappa shape index (κ1) is 24.1. The van der Waals surface area contributed by atoms with Crippen LogP contribution in [0.5, 0.6) is 0 Å². The quantitative estimate of drug-likeness (QED) is 0.225. The highest BCUT2D eigenvalue weighted by Gasteiger charge is 2.33. The van der Waals surface area contributed by atoms with Gasteiger partial charge in [-0.15, -0.1) is 24.0 Å². The van der Waals surface area contributed by atoms with E-state index in [1.807, 2.05) is 0 Å². The van der Waals surface area contributed by atoms with Crippen LogP contribution in [0.2, 0.25) is 0 Å². The summed E-state index contributed by atoms with van der Waals surface area (Å²) in [5, 5.41) is 10.8. The van der Waals surface area contributed by atoms with Crippen molar-refractivity contribution < 1.29 is 9.26 Å². The first-order chi connectivity index (χ1) is 12.6. The standard InChI is InChI=1S/C19H35N5O2.HI/c1-5-25-13-11-19(9-6-7-10-19)14-22-18(20-4)21-12-8-16-23-17(15(2)3)24-26-16;/h15H,5-14H2,1-4H3,(H2,20,21,22);1H. The molecular weight excluding hydrogens is 457 g/mol. The fourth-order valence-electron chi connectivity index (χ4n) is 3.46. The number of ether oxygens (including phenoxy) is 1. The highest BCUT2D eigenvalue weighted by Crippen LogP contribution is 2.40. The number of hydrogen-bond acceptors (Lipinski definition) is 5. The summed E-state index contributed by atoms with van der Waals surface area (Å²) in [7, 11) is 1.81. The number of halogens is 1. The summed E-state index contributed by atoms with van der Waals surface area (Å²) in [6.45, 7) is 9.47. The molecule has 0 unspecified atom stereocenters. The number of guanidine groups is 1. The molecule has 0 aromatic carbocycles. The molecule has 1 fully saturated rings. The molecule has 0 bridgehead atoms. The van der Waals surface area contributed by atoms with Gasteiger partial charge in [-0.2, -0.15) is 4.98 Å². The molecule has 1 aliphatic rings. The fraction of sp³-hybridized carbons (Fsp3) is 0.842. The summed E-state index contributed by atoms with van der Waals surface area (Å²) in [5.41, 5.74) is 0.339. The Morgan fingerprint density at radius 3 is 2.63 bits per heavy atom. The van der Waals surface area contributed by atoms with Gasteiger partial charge in [0.1, 0.15) is 0 Å². The van der Waals surface area contributed by atoms with Gasteiger partial charge in [-0.05, 0) is 31.6 Å². The van der Waals surface area contributed by atoms with E-state index in [1.54, 1.807) is 7.05 Å². The maximum atomic E-state index is 5.59. The molecule has 0 radical (unpaired) electrons. The Morgan fingerprint density at radius 2 is 2.04 bits per heavy atom. The lowest BCUT2D eigenvalue weighted by molar-refractivity contribution is 0.105. The molecule has 0 atom stereocenters. The van der Waals surface area contributed by atoms with Crippen molar-refractivity contribution in [2.75, 3.05) is 33.4 Å². The molecule has 1 heterocycles. The van der Waals surface area contributed by atoms with Crippen molar-refractivity contribution in [1.82, 2.24) is 20.8 Å². The van der Waals surface area contributed by atoms with Gasteiger partial charge >= 0.3 is 0 Å². The monoisotopic (exact) mass is 493 g/mol. The van der Waals surface area contributed by atoms with E-state index in [0.29, 0.717) is 24.3 Å². The Balaban J connectivity index is 0.00000364. The molecule has 0 aliphatic heterocycles. The van der Waals surface area contributed by atoms with Crippen molar-refractivity contribution in [3.63, 3.8) is 0 Å². The van der Waals surface area contributed by atoms with Crippen LogP contribution >= 0.6 is 24.0 Å². The lowest BCUT2D eigenvalue weighted by atomic mass is 9.83. The van der Waals surface area contributed by atoms with Gasteiger partial charge in [0, 0.05) is 45.7 Å². The van der Waals surface area contributed by atoms with E-state index >= 15 is 0 Å². The van der Waals surface area contributed by atoms with Crippen molar-refractivity contribution in [1.29, 1.82) is 0 Å². The molecule has 0 amide bonds. The van der Waals surface area contributed by atoms with Crippen molar-refractivity contribution in [3.05, 3.63) is 11.7 Å². The van der Waals surface area contributed by atoms with Gasteiger partial charge < -0.3 is 19.9 Å². The number of nitrogens with zero attached hydrogens (tertiary/aromatic N) is 3. The van der Waals surface area contributed by atoms with Crippen molar-refractivity contribution in [2.24, 2.45) is 10.4 Å². The third-order valence-corrected chi connectivity index (χ3v) is 5.13. The molecule has 27 heavy (non-hydrogen) atoms. The molecular formula is C19H36IN5O2. The summed E-state index contributed by atoms with van der Waals surface area (Å²) in [6.07, 6.45) is 6.97. The molecule has 1 aromatic rings. The van der Waals surface area contributed by atoms with Crippen molar-refractivity contribution in [2.45, 2.75) is 65.2 Å². The lowest BCUT2D eigenvalue weighted by Gasteiger charge is -2.30. The Bertz CT molecular complexity index is 556. The smallest absolute Gasteiger partial charge is 0.228 e. The van der Waals surface area contributed by atoms with E-state index < -0.39 is 0 Å². The van der Waals surface area contributed by atoms with Crippen LogP contribution in [0.15, 0.2) is 9.52 Å². The van der Waals surface area contributed by atoms with Crippen LogP contribution in [0.4, 0.5) is 0 Å². The minimum absolute atomic E-state index is 0. The second-order valence-corrected chi connectivity index (χ2v) is 7.46. The van der Waals surface area contributed by atoms with Crippen LogP contribution in [0.25, 0.3) is 0 Å². The number of aromatic nitrogens is 2. The first-order valence-electron chi connectivity index (χ1n) is 9.93. The van der Waals surface area contributed by atoms with Crippen LogP contribution in [0.3, 0.4) is 0 Å². The molecule has 2 rings (SSSR count). The van der Waals surface area contributed by atoms with Gasteiger partial charge in [0.05, 0.1) is 0 Å². The Morgan fingerprint density at radius 1 is 1.30 bits per heavy atom. The molecule has 0 saturated heterocycles. The van der Waals surface area contributed by atoms with E-state index in [1.165, 1.54) is 25.7 Å². The second-order valence-electron chi connectivity index (χ2n) is 7.46. The SMILES string of the molecule is CCOCCC1(CNC(=NC)NCCc2nc(C(C)C)no2)CCCC1.I. The second kappa shape index (κ2) is 12.5. The average molecular weight is 493 g/mol. The third-order valence-electron chi connectivity index (χ3n) is 5.13. The fourth-order valence-corrected chi connectivity index (χ4v) is 3.46. The third kappa shape index (κ3) is 7.93. The molecule has 156 valence electrons. The zero-order valence-corrected chi connectivity index (χ0v) is 19.5. The predicted molar refractivity (Wildman–Crippen MR) is 119 cm³/mol. The maximum Gasteiger partial charge on any atom is 0.228 e. The van der Waals surface area contributed by atoms with E-state index in [9.17, 15) is 0 Å². The highest BCUT2D eigenvalue weighted by molar-refractivity contribution is 14.0. The Labute approximate surface area is 180 Å². The van der Waals surface area contributed by atoms with Gasteiger partial charge in [-0.3, -0.25) is 4.99 Å². The topological polar surface area (TPSA) is 84.6 Å². The molecule has 1 aliphatic carbocycles. The summed E-state index contributed by atoms with van der Waals surface area (Å²) < 4.78 is 10.9. The summed E-state index contributed by atoms with van der Waals surface area (Å²) >= 11 is 0. The van der Waals surface area contributed by atoms with Gasteiger partial charge in [0.15, 0.2) is 11.8 Å². The van der Waals surface area contributed by atoms with Gasteiger partial charge in [-0.25, -0.2) is 0 Å². The number of rotatable bonds is 10. The summed E-state index contributed by atoms with van der Waals surface area (Å²) in [5.74, 6) is 2.55. The average Bonchev–Trinajstić information content (AvgIpc) is 3.28. The predicted octanol–water partition coefficient (Wildman–Crippen LogP) is 3.51. The number of nitrogens with one attached hydrogen (secondary N) is 2. The number of aliphatic imine (C=N–C) groups is 1. The minimum atomic E-state index is 0. The molecule has 1 saturated carbocycles. The Kier molecular flexibility index (Phi) is 11.2. The number of hydrogen-bond donors (Lipinski definition) is 2. The van der Waals surface area contributed by atoms with E-state index in [2.05, 4.69) is 46.5 Å². The van der Waals surface area contributed by atoms with Crippen LogP contribution < -0.4 is 10.6 Å². The highest BCUT2D eigenvalue weighted by atomic mass is 127. The zero-order valence-electron chi connectivity index (χ0n) is 17.2. The normalized spacial score (nSPS) is 16.4. The van der Waals surface area contributed by atoms with Crippen molar-refractivity contribution >= 4 is 29.9 Å². The van der Waals surface area contributed by atoms with E-state index in [-0.39, 0.29) is 29.9 Å². The molecule has 0 spiro atoms. The van der Waals surface area contributed by atoms with Crippen molar-refractivity contribution in [3.8, 4) is 0 Å². The maximum absolute atomic E-state index is 5.59. The largest absolute Gasteiger partial charge is 0.382 e. The van der Waals surface area contributed by atoms with Crippen LogP contribution in [-0.2, 0) is 11.2 Å². The summed E-state index contributed by atoms with van der Waals surface area (Å²) in [4.78, 5) is 8.74. The van der Waals surface area contributed by atoms with Crippen LogP contribution in [0.1, 0.15) is 70.5 Å². The Hall–Kier alpha value is -0.900. The van der Waals surface area contributed by atoms with Crippen LogP contribution in [-0.4, -0.2) is 49.5 Å². The van der Waals surface area contributed by atoms with Crippen LogP contribution in [0, 0.1) is 5.41 Å².